The van der Waals surface area contributed by atoms with Gasteiger partial charge < -0.3 is 9.64 Å². The molecule has 0 bridgehead atoms. The van der Waals surface area contributed by atoms with Crippen LogP contribution >= 0.6 is 0 Å². The van der Waals surface area contributed by atoms with Crippen LogP contribution in [0.2, 0.25) is 0 Å². The van der Waals surface area contributed by atoms with Crippen LogP contribution in [0.25, 0.3) is 0 Å². The summed E-state index contributed by atoms with van der Waals surface area (Å²) >= 11 is 0. The van der Waals surface area contributed by atoms with E-state index < -0.39 is 0 Å². The van der Waals surface area contributed by atoms with Crippen molar-refractivity contribution in [3.05, 3.63) is 71.8 Å². The van der Waals surface area contributed by atoms with E-state index in [2.05, 4.69) is 54.3 Å². The number of amides is 1. The molecule has 27 heavy (non-hydrogen) atoms. The third-order valence-corrected chi connectivity index (χ3v) is 5.87. The smallest absolute Gasteiger partial charge is 0.223 e. The van der Waals surface area contributed by atoms with Crippen molar-refractivity contribution in [3.8, 4) is 0 Å². The SMILES string of the molecule is C[C@@H](c1ccccc1)N1C[C@]2(COCCN(Cc3ccccc3)C2)CC1=O. The van der Waals surface area contributed by atoms with Crippen LogP contribution in [0.3, 0.4) is 0 Å². The summed E-state index contributed by atoms with van der Waals surface area (Å²) in [6.45, 7) is 7.04. The predicted octanol–water partition coefficient (Wildman–Crippen LogP) is 3.50. The van der Waals surface area contributed by atoms with E-state index in [0.29, 0.717) is 13.0 Å². The van der Waals surface area contributed by atoms with E-state index in [-0.39, 0.29) is 17.4 Å². The maximum atomic E-state index is 12.9. The van der Waals surface area contributed by atoms with Crippen molar-refractivity contribution in [2.75, 3.05) is 32.8 Å². The van der Waals surface area contributed by atoms with Gasteiger partial charge in [-0.2, -0.15) is 0 Å². The molecule has 1 spiro atoms. The van der Waals surface area contributed by atoms with Crippen molar-refractivity contribution in [1.82, 2.24) is 9.80 Å². The highest BCUT2D eigenvalue weighted by Gasteiger charge is 2.46. The quantitative estimate of drug-likeness (QED) is 0.832. The first-order valence-electron chi connectivity index (χ1n) is 9.84. The minimum Gasteiger partial charge on any atom is -0.379 e. The summed E-state index contributed by atoms with van der Waals surface area (Å²) in [7, 11) is 0. The molecule has 2 saturated heterocycles. The van der Waals surface area contributed by atoms with E-state index >= 15 is 0 Å². The molecule has 2 aliphatic heterocycles. The number of hydrogen-bond donors (Lipinski definition) is 0. The molecule has 4 rings (SSSR count). The molecule has 2 aromatic rings. The van der Waals surface area contributed by atoms with Gasteiger partial charge >= 0.3 is 0 Å². The molecule has 2 aromatic carbocycles. The van der Waals surface area contributed by atoms with Gasteiger partial charge in [0.15, 0.2) is 0 Å². The van der Waals surface area contributed by atoms with Gasteiger partial charge in [0.25, 0.3) is 0 Å². The molecule has 2 heterocycles. The van der Waals surface area contributed by atoms with Gasteiger partial charge in [-0.1, -0.05) is 60.7 Å². The Kier molecular flexibility index (Phi) is 5.28. The minimum absolute atomic E-state index is 0.101. The van der Waals surface area contributed by atoms with Crippen LogP contribution in [0.15, 0.2) is 60.7 Å². The minimum atomic E-state index is -0.106. The topological polar surface area (TPSA) is 32.8 Å². The lowest BCUT2D eigenvalue weighted by molar-refractivity contribution is -0.129. The number of carbonyl (C=O) groups excluding carboxylic acids is 1. The van der Waals surface area contributed by atoms with Crippen LogP contribution < -0.4 is 0 Å². The number of carbonyl (C=O) groups is 1. The zero-order valence-corrected chi connectivity index (χ0v) is 16.0. The molecule has 0 radical (unpaired) electrons. The van der Waals surface area contributed by atoms with E-state index in [0.717, 1.165) is 32.8 Å². The molecule has 2 aliphatic rings. The molecular weight excluding hydrogens is 336 g/mol. The molecule has 142 valence electrons. The van der Waals surface area contributed by atoms with Gasteiger partial charge in [0.05, 0.1) is 19.3 Å². The summed E-state index contributed by atoms with van der Waals surface area (Å²) in [5.74, 6) is 0.247. The average molecular weight is 364 g/mol. The van der Waals surface area contributed by atoms with Crippen LogP contribution in [0.1, 0.15) is 30.5 Å². The fraction of sp³-hybridized carbons (Fsp3) is 0.435. The van der Waals surface area contributed by atoms with Crippen LogP contribution in [0.5, 0.6) is 0 Å². The standard InChI is InChI=1S/C23H28N2O2/c1-19(21-10-6-3-7-11-21)25-17-23(14-22(25)26)16-24(12-13-27-18-23)15-20-8-4-2-5-9-20/h2-11,19H,12-18H2,1H3/t19-,23-/m0/s1. The van der Waals surface area contributed by atoms with Crippen LogP contribution in [-0.2, 0) is 16.1 Å². The maximum Gasteiger partial charge on any atom is 0.223 e. The van der Waals surface area contributed by atoms with Gasteiger partial charge in [-0.15, -0.1) is 0 Å². The van der Waals surface area contributed by atoms with E-state index in [1.165, 1.54) is 11.1 Å². The Morgan fingerprint density at radius 3 is 2.48 bits per heavy atom. The Morgan fingerprint density at radius 1 is 1.04 bits per heavy atom. The Hall–Kier alpha value is -2.17. The highest BCUT2D eigenvalue weighted by Crippen LogP contribution is 2.38. The van der Waals surface area contributed by atoms with Crippen LogP contribution in [-0.4, -0.2) is 48.6 Å². The van der Waals surface area contributed by atoms with Crippen molar-refractivity contribution >= 4 is 5.91 Å². The highest BCUT2D eigenvalue weighted by molar-refractivity contribution is 5.80. The number of hydrogen-bond acceptors (Lipinski definition) is 3. The third-order valence-electron chi connectivity index (χ3n) is 5.87. The molecule has 0 saturated carbocycles. The molecule has 0 unspecified atom stereocenters. The largest absolute Gasteiger partial charge is 0.379 e. The van der Waals surface area contributed by atoms with Crippen molar-refractivity contribution in [2.24, 2.45) is 5.41 Å². The first kappa shape index (κ1) is 18.2. The summed E-state index contributed by atoms with van der Waals surface area (Å²) in [5, 5.41) is 0. The normalized spacial score (nSPS) is 24.9. The van der Waals surface area contributed by atoms with Gasteiger partial charge in [0.1, 0.15) is 0 Å². The van der Waals surface area contributed by atoms with Gasteiger partial charge in [-0.25, -0.2) is 0 Å². The zero-order valence-electron chi connectivity index (χ0n) is 16.0. The Labute approximate surface area is 161 Å². The number of nitrogens with zero attached hydrogens (tertiary/aromatic N) is 2. The first-order valence-corrected chi connectivity index (χ1v) is 9.84. The van der Waals surface area contributed by atoms with E-state index in [9.17, 15) is 4.79 Å². The van der Waals surface area contributed by atoms with Crippen molar-refractivity contribution < 1.29 is 9.53 Å². The Morgan fingerprint density at radius 2 is 1.74 bits per heavy atom. The van der Waals surface area contributed by atoms with Gasteiger partial charge in [-0.05, 0) is 18.1 Å². The van der Waals surface area contributed by atoms with Crippen LogP contribution in [0.4, 0.5) is 0 Å². The summed E-state index contributed by atoms with van der Waals surface area (Å²) in [5.41, 5.74) is 2.40. The lowest BCUT2D eigenvalue weighted by atomic mass is 9.87. The van der Waals surface area contributed by atoms with Gasteiger partial charge in [-0.3, -0.25) is 9.69 Å². The lowest BCUT2D eigenvalue weighted by Gasteiger charge is -2.33. The number of benzene rings is 2. The van der Waals surface area contributed by atoms with E-state index in [4.69, 9.17) is 4.74 Å². The Balaban J connectivity index is 1.49. The molecule has 0 aliphatic carbocycles. The molecular formula is C23H28N2O2. The van der Waals surface area contributed by atoms with Crippen molar-refractivity contribution in [2.45, 2.75) is 25.9 Å². The zero-order chi connectivity index (χ0) is 18.7. The second-order valence-corrected chi connectivity index (χ2v) is 8.03. The second-order valence-electron chi connectivity index (χ2n) is 8.03. The third kappa shape index (κ3) is 4.07. The average Bonchev–Trinajstić information content (AvgIpc) is 2.89. The molecule has 2 fully saturated rings. The van der Waals surface area contributed by atoms with Crippen molar-refractivity contribution in [3.63, 3.8) is 0 Å². The summed E-state index contributed by atoms with van der Waals surface area (Å²) in [6, 6.07) is 21.0. The predicted molar refractivity (Wildman–Crippen MR) is 106 cm³/mol. The lowest BCUT2D eigenvalue weighted by Crippen LogP contribution is -2.40. The first-order chi connectivity index (χ1) is 13.2. The molecule has 0 aromatic heterocycles. The maximum absolute atomic E-state index is 12.9. The molecule has 0 N–H and O–H groups in total. The monoisotopic (exact) mass is 364 g/mol. The molecule has 4 heteroatoms. The van der Waals surface area contributed by atoms with Crippen LogP contribution in [0, 0.1) is 5.41 Å². The summed E-state index contributed by atoms with van der Waals surface area (Å²) < 4.78 is 5.96. The Bertz CT molecular complexity index is 764. The van der Waals surface area contributed by atoms with Gasteiger partial charge in [0.2, 0.25) is 5.91 Å². The van der Waals surface area contributed by atoms with E-state index in [1.54, 1.807) is 0 Å². The van der Waals surface area contributed by atoms with E-state index in [1.807, 2.05) is 23.1 Å². The summed E-state index contributed by atoms with van der Waals surface area (Å²) in [6.07, 6.45) is 0.579. The van der Waals surface area contributed by atoms with Gasteiger partial charge in [0, 0.05) is 38.0 Å². The second kappa shape index (κ2) is 7.83. The summed E-state index contributed by atoms with van der Waals surface area (Å²) in [4.78, 5) is 17.4. The number of ether oxygens (including phenoxy) is 1. The fourth-order valence-electron chi connectivity index (χ4n) is 4.45. The number of likely N-dealkylation sites (tertiary alicyclic amines) is 1. The highest BCUT2D eigenvalue weighted by atomic mass is 16.5. The fourth-order valence-corrected chi connectivity index (χ4v) is 4.45. The molecule has 4 nitrogen and oxygen atoms in total. The molecule has 2 atom stereocenters. The van der Waals surface area contributed by atoms with Crippen molar-refractivity contribution in [1.29, 1.82) is 0 Å². The molecule has 1 amide bonds. The number of rotatable bonds is 4.